The van der Waals surface area contributed by atoms with Crippen LogP contribution in [-0.4, -0.2) is 50.8 Å². The number of hydrogen-bond acceptors (Lipinski definition) is 6. The second-order valence-corrected chi connectivity index (χ2v) is 10.0. The second kappa shape index (κ2) is 8.05. The molecule has 2 aromatic carbocycles. The number of nitrogens with zero attached hydrogens (tertiary/aromatic N) is 1. The molecule has 1 saturated heterocycles. The number of rotatable bonds is 5. The SMILES string of the molecule is O=C(CSc1ccc2c(c1)OCCO2)N(c1ccccc1)[C@@H]1CCS(=O)(=O)C1. The van der Waals surface area contributed by atoms with E-state index in [2.05, 4.69) is 0 Å². The number of anilines is 1. The smallest absolute Gasteiger partial charge is 0.237 e. The number of benzene rings is 2. The van der Waals surface area contributed by atoms with Crippen molar-refractivity contribution in [1.82, 2.24) is 0 Å². The largest absolute Gasteiger partial charge is 0.486 e. The second-order valence-electron chi connectivity index (χ2n) is 6.75. The first-order chi connectivity index (χ1) is 13.5. The van der Waals surface area contributed by atoms with Gasteiger partial charge >= 0.3 is 0 Å². The molecule has 2 aliphatic rings. The molecule has 0 N–H and O–H groups in total. The Bertz CT molecular complexity index is 962. The predicted octanol–water partition coefficient (Wildman–Crippen LogP) is 2.77. The number of carbonyl (C=O) groups is 1. The Labute approximate surface area is 168 Å². The van der Waals surface area contributed by atoms with E-state index in [0.29, 0.717) is 31.1 Å². The van der Waals surface area contributed by atoms with E-state index in [4.69, 9.17) is 9.47 Å². The summed E-state index contributed by atoms with van der Waals surface area (Å²) in [6.45, 7) is 1.05. The highest BCUT2D eigenvalue weighted by Crippen LogP contribution is 2.34. The van der Waals surface area contributed by atoms with Crippen molar-refractivity contribution in [3.05, 3.63) is 48.5 Å². The number of ether oxygens (including phenoxy) is 2. The lowest BCUT2D eigenvalue weighted by atomic mass is 10.2. The van der Waals surface area contributed by atoms with Gasteiger partial charge in [-0.05, 0) is 36.8 Å². The summed E-state index contributed by atoms with van der Waals surface area (Å²) in [4.78, 5) is 15.6. The van der Waals surface area contributed by atoms with E-state index >= 15 is 0 Å². The summed E-state index contributed by atoms with van der Waals surface area (Å²) in [6, 6.07) is 14.6. The van der Waals surface area contributed by atoms with E-state index in [1.165, 1.54) is 11.8 Å². The molecule has 8 heteroatoms. The molecule has 0 saturated carbocycles. The molecular weight excluding hydrogens is 398 g/mol. The van der Waals surface area contributed by atoms with Crippen LogP contribution in [0.4, 0.5) is 5.69 Å². The molecule has 2 aliphatic heterocycles. The van der Waals surface area contributed by atoms with Crippen molar-refractivity contribution in [2.75, 3.05) is 35.4 Å². The molecule has 0 radical (unpaired) electrons. The maximum absolute atomic E-state index is 13.1. The van der Waals surface area contributed by atoms with Crippen LogP contribution in [0.5, 0.6) is 11.5 Å². The fourth-order valence-corrected chi connectivity index (χ4v) is 5.94. The predicted molar refractivity (Wildman–Crippen MR) is 109 cm³/mol. The van der Waals surface area contributed by atoms with Gasteiger partial charge in [0.2, 0.25) is 5.91 Å². The van der Waals surface area contributed by atoms with Gasteiger partial charge in [-0.2, -0.15) is 0 Å². The lowest BCUT2D eigenvalue weighted by molar-refractivity contribution is -0.116. The number of hydrogen-bond donors (Lipinski definition) is 0. The first-order valence-corrected chi connectivity index (χ1v) is 11.9. The van der Waals surface area contributed by atoms with Crippen LogP contribution in [0, 0.1) is 0 Å². The minimum absolute atomic E-state index is 0.0162. The first kappa shape index (κ1) is 19.1. The highest BCUT2D eigenvalue weighted by Gasteiger charge is 2.35. The van der Waals surface area contributed by atoms with E-state index in [0.717, 1.165) is 10.6 Å². The summed E-state index contributed by atoms with van der Waals surface area (Å²) in [5, 5.41) is 0. The molecule has 4 rings (SSSR count). The number of para-hydroxylation sites is 1. The van der Waals surface area contributed by atoms with Crippen molar-refractivity contribution in [3.8, 4) is 11.5 Å². The fourth-order valence-electron chi connectivity index (χ4n) is 3.45. The zero-order chi connectivity index (χ0) is 19.6. The summed E-state index contributed by atoms with van der Waals surface area (Å²) >= 11 is 1.41. The average molecular weight is 420 g/mol. The van der Waals surface area contributed by atoms with E-state index in [1.807, 2.05) is 48.5 Å². The van der Waals surface area contributed by atoms with Crippen LogP contribution in [0.1, 0.15) is 6.42 Å². The Kier molecular flexibility index (Phi) is 5.50. The van der Waals surface area contributed by atoms with Crippen LogP contribution in [-0.2, 0) is 14.6 Å². The van der Waals surface area contributed by atoms with Gasteiger partial charge in [0, 0.05) is 10.6 Å². The van der Waals surface area contributed by atoms with Gasteiger partial charge in [-0.25, -0.2) is 8.42 Å². The fraction of sp³-hybridized carbons (Fsp3) is 0.350. The Morgan fingerprint density at radius 1 is 1.07 bits per heavy atom. The molecule has 0 bridgehead atoms. The molecule has 2 aromatic rings. The first-order valence-electron chi connectivity index (χ1n) is 9.12. The number of amides is 1. The highest BCUT2D eigenvalue weighted by atomic mass is 32.2. The summed E-state index contributed by atoms with van der Waals surface area (Å²) < 4.78 is 35.0. The molecular formula is C20H21NO5S2. The van der Waals surface area contributed by atoms with Gasteiger partial charge in [0.1, 0.15) is 13.2 Å². The van der Waals surface area contributed by atoms with Crippen molar-refractivity contribution in [2.45, 2.75) is 17.4 Å². The Balaban J connectivity index is 1.50. The molecule has 148 valence electrons. The van der Waals surface area contributed by atoms with Crippen molar-refractivity contribution >= 4 is 33.2 Å². The van der Waals surface area contributed by atoms with Gasteiger partial charge in [-0.1, -0.05) is 18.2 Å². The average Bonchev–Trinajstić information content (AvgIpc) is 3.06. The van der Waals surface area contributed by atoms with Gasteiger partial charge in [0.05, 0.1) is 23.3 Å². The molecule has 28 heavy (non-hydrogen) atoms. The summed E-state index contributed by atoms with van der Waals surface area (Å²) in [7, 11) is -3.09. The van der Waals surface area contributed by atoms with E-state index in [9.17, 15) is 13.2 Å². The molecule has 0 aliphatic carbocycles. The van der Waals surface area contributed by atoms with Crippen LogP contribution < -0.4 is 14.4 Å². The zero-order valence-electron chi connectivity index (χ0n) is 15.2. The minimum atomic E-state index is -3.09. The quantitative estimate of drug-likeness (QED) is 0.694. The lowest BCUT2D eigenvalue weighted by Crippen LogP contribution is -2.42. The molecule has 1 atom stereocenters. The van der Waals surface area contributed by atoms with Crippen molar-refractivity contribution in [3.63, 3.8) is 0 Å². The van der Waals surface area contributed by atoms with Crippen LogP contribution in [0.3, 0.4) is 0 Å². The molecule has 0 unspecified atom stereocenters. The maximum Gasteiger partial charge on any atom is 0.237 e. The summed E-state index contributed by atoms with van der Waals surface area (Å²) in [5.41, 5.74) is 0.734. The lowest BCUT2D eigenvalue weighted by Gasteiger charge is -2.28. The summed E-state index contributed by atoms with van der Waals surface area (Å²) in [6.07, 6.45) is 0.470. The van der Waals surface area contributed by atoms with Gasteiger partial charge in [-0.15, -0.1) is 11.8 Å². The maximum atomic E-state index is 13.1. The third-order valence-electron chi connectivity index (χ3n) is 4.75. The van der Waals surface area contributed by atoms with Gasteiger partial charge in [0.15, 0.2) is 21.3 Å². The molecule has 0 spiro atoms. The van der Waals surface area contributed by atoms with Crippen molar-refractivity contribution in [1.29, 1.82) is 0 Å². The Morgan fingerprint density at radius 2 is 1.82 bits per heavy atom. The third-order valence-corrected chi connectivity index (χ3v) is 7.48. The number of thioether (sulfide) groups is 1. The van der Waals surface area contributed by atoms with Crippen LogP contribution in [0.25, 0.3) is 0 Å². The molecule has 1 amide bonds. The Hall–Kier alpha value is -2.19. The van der Waals surface area contributed by atoms with Crippen molar-refractivity contribution < 1.29 is 22.7 Å². The van der Waals surface area contributed by atoms with Crippen LogP contribution >= 0.6 is 11.8 Å². The summed E-state index contributed by atoms with van der Waals surface area (Å²) in [5.74, 6) is 1.65. The van der Waals surface area contributed by atoms with Gasteiger partial charge in [-0.3, -0.25) is 4.79 Å². The Morgan fingerprint density at radius 3 is 2.54 bits per heavy atom. The van der Waals surface area contributed by atoms with E-state index in [-0.39, 0.29) is 29.2 Å². The number of fused-ring (bicyclic) bond motifs is 1. The number of sulfone groups is 1. The molecule has 6 nitrogen and oxygen atoms in total. The topological polar surface area (TPSA) is 72.9 Å². The standard InChI is InChI=1S/C20H21NO5S2/c22-20(13-27-17-6-7-18-19(12-17)26-10-9-25-18)21(15-4-2-1-3-5-15)16-8-11-28(23,24)14-16/h1-7,12,16H,8-11,13-14H2/t16-/m1/s1. The molecule has 2 heterocycles. The minimum Gasteiger partial charge on any atom is -0.486 e. The van der Waals surface area contributed by atoms with E-state index in [1.54, 1.807) is 4.90 Å². The highest BCUT2D eigenvalue weighted by molar-refractivity contribution is 8.00. The molecule has 1 fully saturated rings. The zero-order valence-corrected chi connectivity index (χ0v) is 16.9. The van der Waals surface area contributed by atoms with Gasteiger partial charge < -0.3 is 14.4 Å². The van der Waals surface area contributed by atoms with E-state index < -0.39 is 9.84 Å². The van der Waals surface area contributed by atoms with Crippen molar-refractivity contribution in [2.24, 2.45) is 0 Å². The van der Waals surface area contributed by atoms with Crippen LogP contribution in [0.15, 0.2) is 53.4 Å². The monoisotopic (exact) mass is 419 g/mol. The molecule has 0 aromatic heterocycles. The number of carbonyl (C=O) groups excluding carboxylic acids is 1. The van der Waals surface area contributed by atoms with Gasteiger partial charge in [0.25, 0.3) is 0 Å². The third kappa shape index (κ3) is 4.28. The van der Waals surface area contributed by atoms with Crippen LogP contribution in [0.2, 0.25) is 0 Å². The normalized spacial score (nSPS) is 19.9.